The lowest BCUT2D eigenvalue weighted by Gasteiger charge is -2.28. The molecule has 0 aromatic carbocycles. The van der Waals surface area contributed by atoms with Gasteiger partial charge in [-0.15, -0.1) is 0 Å². The Morgan fingerprint density at radius 3 is 2.28 bits per heavy atom. The summed E-state index contributed by atoms with van der Waals surface area (Å²) >= 11 is 0. The Morgan fingerprint density at radius 2 is 1.83 bits per heavy atom. The van der Waals surface area contributed by atoms with Crippen LogP contribution in [0.25, 0.3) is 0 Å². The maximum Gasteiger partial charge on any atom is 0.141 e. The van der Waals surface area contributed by atoms with Crippen molar-refractivity contribution in [3.05, 3.63) is 36.6 Å². The van der Waals surface area contributed by atoms with Crippen LogP contribution in [0.3, 0.4) is 0 Å². The summed E-state index contributed by atoms with van der Waals surface area (Å²) < 4.78 is 0. The van der Waals surface area contributed by atoms with E-state index in [2.05, 4.69) is 25.4 Å². The summed E-state index contributed by atoms with van der Waals surface area (Å²) in [4.78, 5) is 12.2. The van der Waals surface area contributed by atoms with Crippen LogP contribution in [-0.2, 0) is 4.79 Å². The summed E-state index contributed by atoms with van der Waals surface area (Å²) in [5, 5.41) is 3.05. The van der Waals surface area contributed by atoms with Crippen molar-refractivity contribution in [3.63, 3.8) is 0 Å². The second kappa shape index (κ2) is 7.20. The summed E-state index contributed by atoms with van der Waals surface area (Å²) in [7, 11) is 1.85. The molecule has 1 N–H and O–H groups in total. The summed E-state index contributed by atoms with van der Waals surface area (Å²) in [6.45, 7) is 9.78. The number of hydrogen-bond acceptors (Lipinski definition) is 2. The average Bonchev–Trinajstić information content (AvgIpc) is 2.38. The second-order valence-electron chi connectivity index (χ2n) is 5.22. The van der Waals surface area contributed by atoms with Gasteiger partial charge in [0.15, 0.2) is 0 Å². The van der Waals surface area contributed by atoms with E-state index in [1.54, 1.807) is 6.08 Å². The van der Waals surface area contributed by atoms with E-state index in [1.807, 2.05) is 13.1 Å². The van der Waals surface area contributed by atoms with Gasteiger partial charge in [-0.25, -0.2) is 0 Å². The molecule has 0 amide bonds. The Labute approximate surface area is 111 Å². The van der Waals surface area contributed by atoms with Crippen molar-refractivity contribution in [1.82, 2.24) is 5.32 Å². The lowest BCUT2D eigenvalue weighted by Crippen LogP contribution is -2.24. The minimum atomic E-state index is 0.238. The van der Waals surface area contributed by atoms with Crippen LogP contribution >= 0.6 is 0 Å². The zero-order valence-corrected chi connectivity index (χ0v) is 11.7. The van der Waals surface area contributed by atoms with Gasteiger partial charge in [0, 0.05) is 25.1 Å². The molecular weight excluding hydrogens is 222 g/mol. The van der Waals surface area contributed by atoms with Gasteiger partial charge in [0.05, 0.1) is 0 Å². The highest BCUT2D eigenvalue weighted by atomic mass is 16.1. The average molecular weight is 247 g/mol. The fraction of sp³-hybridized carbons (Fsp3) is 0.562. The Bertz CT molecular complexity index is 346. The SMILES string of the molecule is C=C/C=C(/CC(=O)C1CCC(C(=C)C)CC1)NC. The largest absolute Gasteiger partial charge is 0.391 e. The molecular formula is C16H25NO. The first-order valence-corrected chi connectivity index (χ1v) is 6.76. The normalized spacial score (nSPS) is 24.4. The predicted molar refractivity (Wildman–Crippen MR) is 77.2 cm³/mol. The second-order valence-corrected chi connectivity index (χ2v) is 5.22. The first-order chi connectivity index (χ1) is 8.58. The van der Waals surface area contributed by atoms with Gasteiger partial charge < -0.3 is 5.32 Å². The van der Waals surface area contributed by atoms with Crippen molar-refractivity contribution in [2.75, 3.05) is 7.05 Å². The molecule has 2 heteroatoms. The molecule has 2 nitrogen and oxygen atoms in total. The van der Waals surface area contributed by atoms with E-state index in [-0.39, 0.29) is 5.92 Å². The number of rotatable bonds is 6. The van der Waals surface area contributed by atoms with E-state index in [0.29, 0.717) is 18.1 Å². The Hall–Kier alpha value is -1.31. The number of Topliss-reactive ketones (excluding diaryl/α,β-unsaturated/α-hetero) is 1. The van der Waals surface area contributed by atoms with E-state index in [0.717, 1.165) is 31.4 Å². The Morgan fingerprint density at radius 1 is 1.28 bits per heavy atom. The quantitative estimate of drug-likeness (QED) is 0.574. The van der Waals surface area contributed by atoms with E-state index in [1.165, 1.54) is 5.57 Å². The van der Waals surface area contributed by atoms with E-state index in [4.69, 9.17) is 0 Å². The predicted octanol–water partition coefficient (Wildman–Crippen LogP) is 3.62. The standard InChI is InChI=1S/C16H25NO/c1-5-6-15(17-4)11-16(18)14-9-7-13(8-10-14)12(2)3/h5-6,13-14,17H,1-2,7-11H2,3-4H3/b15-6-. The van der Waals surface area contributed by atoms with E-state index < -0.39 is 0 Å². The molecule has 1 rings (SSSR count). The highest BCUT2D eigenvalue weighted by Crippen LogP contribution is 2.33. The molecule has 1 aliphatic carbocycles. The third-order valence-electron chi connectivity index (χ3n) is 3.88. The van der Waals surface area contributed by atoms with Gasteiger partial charge >= 0.3 is 0 Å². The molecule has 0 heterocycles. The van der Waals surface area contributed by atoms with Gasteiger partial charge in [0.1, 0.15) is 5.78 Å². The van der Waals surface area contributed by atoms with Crippen LogP contribution in [0.2, 0.25) is 0 Å². The van der Waals surface area contributed by atoms with Crippen LogP contribution in [0, 0.1) is 11.8 Å². The fourth-order valence-electron chi connectivity index (χ4n) is 2.61. The minimum absolute atomic E-state index is 0.238. The Kier molecular flexibility index (Phi) is 5.90. The number of ketones is 1. The lowest BCUT2D eigenvalue weighted by molar-refractivity contribution is -0.123. The van der Waals surface area contributed by atoms with E-state index in [9.17, 15) is 4.79 Å². The molecule has 1 fully saturated rings. The lowest BCUT2D eigenvalue weighted by atomic mass is 9.77. The number of allylic oxidation sites excluding steroid dienone is 4. The smallest absolute Gasteiger partial charge is 0.141 e. The fourth-order valence-corrected chi connectivity index (χ4v) is 2.61. The molecule has 0 spiro atoms. The first kappa shape index (κ1) is 14.7. The number of nitrogens with one attached hydrogen (secondary N) is 1. The topological polar surface area (TPSA) is 29.1 Å². The van der Waals surface area contributed by atoms with Gasteiger partial charge in [-0.1, -0.05) is 24.8 Å². The van der Waals surface area contributed by atoms with Crippen molar-refractivity contribution in [2.24, 2.45) is 11.8 Å². The molecule has 0 unspecified atom stereocenters. The third kappa shape index (κ3) is 4.17. The first-order valence-electron chi connectivity index (χ1n) is 6.76. The molecule has 0 bridgehead atoms. The molecule has 0 aromatic rings. The van der Waals surface area contributed by atoms with Crippen molar-refractivity contribution in [2.45, 2.75) is 39.0 Å². The van der Waals surface area contributed by atoms with Gasteiger partial charge in [-0.05, 0) is 44.6 Å². The van der Waals surface area contributed by atoms with Crippen LogP contribution in [0.1, 0.15) is 39.0 Å². The monoisotopic (exact) mass is 247 g/mol. The number of hydrogen-bond donors (Lipinski definition) is 1. The maximum atomic E-state index is 12.2. The Balaban J connectivity index is 2.47. The molecule has 18 heavy (non-hydrogen) atoms. The highest BCUT2D eigenvalue weighted by Gasteiger charge is 2.26. The van der Waals surface area contributed by atoms with Crippen LogP contribution in [0.4, 0.5) is 0 Å². The van der Waals surface area contributed by atoms with Crippen LogP contribution in [-0.4, -0.2) is 12.8 Å². The van der Waals surface area contributed by atoms with Gasteiger partial charge in [-0.3, -0.25) is 4.79 Å². The minimum Gasteiger partial charge on any atom is -0.391 e. The highest BCUT2D eigenvalue weighted by molar-refractivity contribution is 5.83. The molecule has 0 aliphatic heterocycles. The van der Waals surface area contributed by atoms with Crippen molar-refractivity contribution in [3.8, 4) is 0 Å². The number of carbonyl (C=O) groups is 1. The van der Waals surface area contributed by atoms with Gasteiger partial charge in [0.2, 0.25) is 0 Å². The maximum absolute atomic E-state index is 12.2. The molecule has 1 aliphatic rings. The van der Waals surface area contributed by atoms with Crippen molar-refractivity contribution in [1.29, 1.82) is 0 Å². The molecule has 0 atom stereocenters. The van der Waals surface area contributed by atoms with E-state index >= 15 is 0 Å². The van der Waals surface area contributed by atoms with Gasteiger partial charge in [-0.2, -0.15) is 0 Å². The summed E-state index contributed by atoms with van der Waals surface area (Å²) in [6.07, 6.45) is 8.36. The number of carbonyl (C=O) groups excluding carboxylic acids is 1. The molecule has 0 aromatic heterocycles. The van der Waals surface area contributed by atoms with Crippen molar-refractivity contribution >= 4 is 5.78 Å². The molecule has 0 radical (unpaired) electrons. The zero-order valence-electron chi connectivity index (χ0n) is 11.7. The van der Waals surface area contributed by atoms with Crippen LogP contribution in [0.5, 0.6) is 0 Å². The third-order valence-corrected chi connectivity index (χ3v) is 3.88. The van der Waals surface area contributed by atoms with Crippen molar-refractivity contribution < 1.29 is 4.79 Å². The molecule has 0 saturated heterocycles. The summed E-state index contributed by atoms with van der Waals surface area (Å²) in [5.41, 5.74) is 2.22. The zero-order chi connectivity index (χ0) is 13.5. The summed E-state index contributed by atoms with van der Waals surface area (Å²) in [6, 6.07) is 0. The van der Waals surface area contributed by atoms with Crippen LogP contribution < -0.4 is 5.32 Å². The summed E-state index contributed by atoms with van der Waals surface area (Å²) in [5.74, 6) is 1.22. The van der Waals surface area contributed by atoms with Gasteiger partial charge in [0.25, 0.3) is 0 Å². The van der Waals surface area contributed by atoms with Crippen LogP contribution in [0.15, 0.2) is 36.6 Å². The molecule has 1 saturated carbocycles. The molecule has 100 valence electrons.